The molecule has 0 bridgehead atoms. The molecule has 0 saturated heterocycles. The number of aromatic hydroxyl groups is 1. The quantitative estimate of drug-likeness (QED) is 0.707. The first-order valence-corrected chi connectivity index (χ1v) is 7.03. The first kappa shape index (κ1) is 15.3. The molecule has 110 valence electrons. The van der Waals surface area contributed by atoms with Crippen molar-refractivity contribution in [1.29, 1.82) is 0 Å². The van der Waals surface area contributed by atoms with Crippen LogP contribution in [0.1, 0.15) is 20.8 Å². The maximum Gasteiger partial charge on any atom is 0.231 e. The highest BCUT2D eigenvalue weighted by molar-refractivity contribution is 7.80. The largest absolute Gasteiger partial charge is 0.507 e. The zero-order valence-corrected chi connectivity index (χ0v) is 13.0. The molecule has 0 fully saturated rings. The predicted octanol–water partition coefficient (Wildman–Crippen LogP) is 3.40. The third-order valence-electron chi connectivity index (χ3n) is 3.06. The highest BCUT2D eigenvalue weighted by atomic mass is 32.1. The maximum absolute atomic E-state index is 11.9. The zero-order valence-electron chi connectivity index (χ0n) is 12.2. The number of anilines is 1. The number of nitrogens with one attached hydrogen (secondary N) is 2. The summed E-state index contributed by atoms with van der Waals surface area (Å²) in [4.78, 5) is 11.9. The number of carbonyl (C=O) groups excluding carboxylic acids is 1. The Balaban J connectivity index is 2.23. The van der Waals surface area contributed by atoms with Gasteiger partial charge in [-0.05, 0) is 24.4 Å². The molecule has 21 heavy (non-hydrogen) atoms. The lowest BCUT2D eigenvalue weighted by Crippen LogP contribution is -2.41. The molecule has 0 aliphatic heterocycles. The highest BCUT2D eigenvalue weighted by Crippen LogP contribution is 2.29. The van der Waals surface area contributed by atoms with E-state index < -0.39 is 5.41 Å². The minimum absolute atomic E-state index is 0.150. The molecule has 4 nitrogen and oxygen atoms in total. The number of carbonyl (C=O) groups is 1. The Morgan fingerprint density at radius 2 is 1.71 bits per heavy atom. The number of benzene rings is 2. The van der Waals surface area contributed by atoms with Crippen LogP contribution in [0.15, 0.2) is 36.4 Å². The number of fused-ring (bicyclic) bond motifs is 1. The molecular weight excluding hydrogens is 284 g/mol. The van der Waals surface area contributed by atoms with E-state index in [1.165, 1.54) is 0 Å². The molecule has 2 aromatic carbocycles. The van der Waals surface area contributed by atoms with Gasteiger partial charge in [-0.15, -0.1) is 0 Å². The first-order valence-electron chi connectivity index (χ1n) is 6.62. The Kier molecular flexibility index (Phi) is 4.14. The number of phenolic OH excluding ortho intramolecular Hbond substituents is 1. The molecule has 0 radical (unpaired) electrons. The molecule has 2 aromatic rings. The van der Waals surface area contributed by atoms with Crippen LogP contribution in [0, 0.1) is 5.41 Å². The van der Waals surface area contributed by atoms with E-state index in [4.69, 9.17) is 12.2 Å². The van der Waals surface area contributed by atoms with Crippen LogP contribution in [0.4, 0.5) is 5.69 Å². The van der Waals surface area contributed by atoms with E-state index in [0.29, 0.717) is 0 Å². The van der Waals surface area contributed by atoms with Crippen molar-refractivity contribution < 1.29 is 9.90 Å². The van der Waals surface area contributed by atoms with Crippen LogP contribution >= 0.6 is 12.2 Å². The van der Waals surface area contributed by atoms with E-state index in [9.17, 15) is 9.90 Å². The Morgan fingerprint density at radius 1 is 1.10 bits per heavy atom. The minimum atomic E-state index is -0.511. The molecule has 2 rings (SSSR count). The van der Waals surface area contributed by atoms with Crippen molar-refractivity contribution in [3.63, 3.8) is 0 Å². The summed E-state index contributed by atoms with van der Waals surface area (Å²) in [7, 11) is 0. The number of hydrogen-bond donors (Lipinski definition) is 3. The molecule has 3 N–H and O–H groups in total. The number of amides is 1. The Hall–Kier alpha value is -2.14. The monoisotopic (exact) mass is 302 g/mol. The smallest absolute Gasteiger partial charge is 0.231 e. The summed E-state index contributed by atoms with van der Waals surface area (Å²) in [6.45, 7) is 5.46. The van der Waals surface area contributed by atoms with Gasteiger partial charge in [-0.2, -0.15) is 0 Å². The molecule has 0 atom stereocenters. The summed E-state index contributed by atoms with van der Waals surface area (Å²) in [5, 5.41) is 17.3. The summed E-state index contributed by atoms with van der Waals surface area (Å²) >= 11 is 5.17. The van der Waals surface area contributed by atoms with Gasteiger partial charge in [0, 0.05) is 21.9 Å². The van der Waals surface area contributed by atoms with Crippen LogP contribution < -0.4 is 10.6 Å². The minimum Gasteiger partial charge on any atom is -0.507 e. The lowest BCUT2D eigenvalue weighted by Gasteiger charge is -2.19. The molecule has 0 saturated carbocycles. The first-order chi connectivity index (χ1) is 9.79. The van der Waals surface area contributed by atoms with E-state index in [1.807, 2.05) is 45.0 Å². The van der Waals surface area contributed by atoms with Gasteiger partial charge in [0.2, 0.25) is 5.91 Å². The van der Waals surface area contributed by atoms with Crippen molar-refractivity contribution in [3.05, 3.63) is 36.4 Å². The van der Waals surface area contributed by atoms with Crippen molar-refractivity contribution in [1.82, 2.24) is 5.32 Å². The van der Waals surface area contributed by atoms with Crippen LogP contribution in [-0.2, 0) is 4.79 Å². The maximum atomic E-state index is 11.9. The van der Waals surface area contributed by atoms with Gasteiger partial charge >= 0.3 is 0 Å². The van der Waals surface area contributed by atoms with Crippen molar-refractivity contribution in [2.45, 2.75) is 20.8 Å². The third kappa shape index (κ3) is 3.49. The van der Waals surface area contributed by atoms with Crippen LogP contribution in [-0.4, -0.2) is 16.1 Å². The fourth-order valence-corrected chi connectivity index (χ4v) is 2.05. The second-order valence-corrected chi connectivity index (χ2v) is 6.24. The van der Waals surface area contributed by atoms with Crippen LogP contribution in [0.2, 0.25) is 0 Å². The van der Waals surface area contributed by atoms with Crippen molar-refractivity contribution >= 4 is 39.7 Å². The lowest BCUT2D eigenvalue weighted by molar-refractivity contribution is -0.126. The molecule has 0 spiro atoms. The van der Waals surface area contributed by atoms with Gasteiger partial charge in [-0.25, -0.2) is 0 Å². The van der Waals surface area contributed by atoms with Crippen molar-refractivity contribution in [2.24, 2.45) is 5.41 Å². The number of hydrogen-bond acceptors (Lipinski definition) is 3. The second-order valence-electron chi connectivity index (χ2n) is 5.84. The van der Waals surface area contributed by atoms with E-state index >= 15 is 0 Å². The third-order valence-corrected chi connectivity index (χ3v) is 3.26. The van der Waals surface area contributed by atoms with E-state index in [-0.39, 0.29) is 16.8 Å². The predicted molar refractivity (Wildman–Crippen MR) is 89.4 cm³/mol. The molecule has 1 amide bonds. The fraction of sp³-hybridized carbons (Fsp3) is 0.250. The van der Waals surface area contributed by atoms with Crippen molar-refractivity contribution in [2.75, 3.05) is 5.32 Å². The average molecular weight is 302 g/mol. The average Bonchev–Trinajstić information content (AvgIpc) is 2.38. The van der Waals surface area contributed by atoms with E-state index in [0.717, 1.165) is 16.5 Å². The van der Waals surface area contributed by atoms with Crippen molar-refractivity contribution in [3.8, 4) is 5.75 Å². The summed E-state index contributed by atoms with van der Waals surface area (Å²) in [6, 6.07) is 10.8. The lowest BCUT2D eigenvalue weighted by atomic mass is 9.96. The van der Waals surface area contributed by atoms with Crippen LogP contribution in [0.25, 0.3) is 10.8 Å². The highest BCUT2D eigenvalue weighted by Gasteiger charge is 2.22. The van der Waals surface area contributed by atoms with Gasteiger partial charge in [-0.3, -0.25) is 4.79 Å². The Labute approximate surface area is 129 Å². The Bertz CT molecular complexity index is 705. The van der Waals surface area contributed by atoms with Gasteiger partial charge in [0.05, 0.1) is 0 Å². The SMILES string of the molecule is CC(C)(C)C(=O)NC(=S)Nc1cccc2c(O)cccc12. The standard InChI is InChI=1S/C16H18N2O2S/c1-16(2,3)14(20)18-15(21)17-12-8-4-7-11-10(12)6-5-9-13(11)19/h4-9,19H,1-3H3,(H2,17,18,20,21). The van der Waals surface area contributed by atoms with Gasteiger partial charge in [-0.1, -0.05) is 45.0 Å². The summed E-state index contributed by atoms with van der Waals surface area (Å²) in [6.07, 6.45) is 0. The number of rotatable bonds is 1. The van der Waals surface area contributed by atoms with E-state index in [2.05, 4.69) is 10.6 Å². The topological polar surface area (TPSA) is 61.4 Å². The van der Waals surface area contributed by atoms with Crippen LogP contribution in [0.3, 0.4) is 0 Å². The molecule has 5 heteroatoms. The molecular formula is C16H18N2O2S. The van der Waals surface area contributed by atoms with Gasteiger partial charge in [0.1, 0.15) is 5.75 Å². The molecule has 0 aliphatic rings. The van der Waals surface area contributed by atoms with Crippen LogP contribution in [0.5, 0.6) is 5.75 Å². The van der Waals surface area contributed by atoms with Gasteiger partial charge in [0.15, 0.2) is 5.11 Å². The molecule has 0 unspecified atom stereocenters. The Morgan fingerprint density at radius 3 is 2.38 bits per heavy atom. The van der Waals surface area contributed by atoms with E-state index in [1.54, 1.807) is 12.1 Å². The fourth-order valence-electron chi connectivity index (χ4n) is 1.85. The normalized spacial score (nSPS) is 11.2. The molecule has 0 aromatic heterocycles. The van der Waals surface area contributed by atoms with Gasteiger partial charge in [0.25, 0.3) is 0 Å². The molecule has 0 aliphatic carbocycles. The number of phenols is 1. The second kappa shape index (κ2) is 5.69. The number of thiocarbonyl (C=S) groups is 1. The zero-order chi connectivity index (χ0) is 15.6. The summed E-state index contributed by atoms with van der Waals surface area (Å²) in [5.74, 6) is 0.0591. The summed E-state index contributed by atoms with van der Waals surface area (Å²) in [5.41, 5.74) is 0.227. The summed E-state index contributed by atoms with van der Waals surface area (Å²) < 4.78 is 0. The molecule has 0 heterocycles. The van der Waals surface area contributed by atoms with Gasteiger partial charge < -0.3 is 15.7 Å².